The van der Waals surface area contributed by atoms with Crippen molar-refractivity contribution in [3.63, 3.8) is 0 Å². The van der Waals surface area contributed by atoms with Crippen molar-refractivity contribution in [2.45, 2.75) is 83.8 Å². The number of hydrogen-bond donors (Lipinski definition) is 3. The molecule has 5 rings (SSSR count). The molecular formula is C35H48N7O2+. The summed E-state index contributed by atoms with van der Waals surface area (Å²) in [7, 11) is 2.30. The van der Waals surface area contributed by atoms with Gasteiger partial charge in [-0.25, -0.2) is 4.98 Å². The number of aryl methyl sites for hydroxylation is 1. The molecule has 3 unspecified atom stereocenters. The average molecular weight is 599 g/mol. The van der Waals surface area contributed by atoms with E-state index in [1.807, 2.05) is 38.3 Å². The first kappa shape index (κ1) is 31.6. The number of nitrogen functional groups attached to an aromatic ring is 1. The van der Waals surface area contributed by atoms with Crippen molar-refractivity contribution in [2.24, 2.45) is 0 Å². The van der Waals surface area contributed by atoms with Crippen molar-refractivity contribution in [3.8, 4) is 0 Å². The monoisotopic (exact) mass is 598 g/mol. The van der Waals surface area contributed by atoms with Crippen LogP contribution in [0, 0.1) is 6.92 Å². The van der Waals surface area contributed by atoms with Crippen LogP contribution < -0.4 is 16.4 Å². The lowest BCUT2D eigenvalue weighted by molar-refractivity contribution is -0.942. The highest BCUT2D eigenvalue weighted by molar-refractivity contribution is 6.04. The summed E-state index contributed by atoms with van der Waals surface area (Å²) < 4.78 is 0.841. The third kappa shape index (κ3) is 6.94. The van der Waals surface area contributed by atoms with E-state index in [9.17, 15) is 9.59 Å². The van der Waals surface area contributed by atoms with Gasteiger partial charge in [-0.3, -0.25) is 19.5 Å². The van der Waals surface area contributed by atoms with Gasteiger partial charge in [0.15, 0.2) is 0 Å². The van der Waals surface area contributed by atoms with Crippen molar-refractivity contribution >= 4 is 34.6 Å². The van der Waals surface area contributed by atoms with E-state index in [4.69, 9.17) is 5.73 Å². The molecule has 2 amide bonds. The molecule has 1 spiro atoms. The van der Waals surface area contributed by atoms with Gasteiger partial charge in [-0.05, 0) is 88.9 Å². The Hall–Kier alpha value is -3.82. The van der Waals surface area contributed by atoms with Gasteiger partial charge in [-0.1, -0.05) is 19.1 Å². The Labute approximate surface area is 261 Å². The highest BCUT2D eigenvalue weighted by atomic mass is 16.2. The van der Waals surface area contributed by atoms with Gasteiger partial charge in [0.05, 0.1) is 43.4 Å². The highest BCUT2D eigenvalue weighted by Crippen LogP contribution is 2.49. The van der Waals surface area contributed by atoms with Crippen LogP contribution in [0.3, 0.4) is 0 Å². The van der Waals surface area contributed by atoms with Crippen LogP contribution in [0.25, 0.3) is 5.57 Å². The zero-order chi connectivity index (χ0) is 31.5. The van der Waals surface area contributed by atoms with Crippen LogP contribution in [-0.4, -0.2) is 75.5 Å². The van der Waals surface area contributed by atoms with Crippen molar-refractivity contribution in [2.75, 3.05) is 43.0 Å². The lowest BCUT2D eigenvalue weighted by Crippen LogP contribution is -2.56. The number of amides is 2. The number of likely N-dealkylation sites (N-methyl/N-ethyl adjacent to an activating group) is 1. The molecule has 234 valence electrons. The predicted molar refractivity (Wildman–Crippen MR) is 178 cm³/mol. The Morgan fingerprint density at radius 2 is 1.98 bits per heavy atom. The second-order valence-corrected chi connectivity index (χ2v) is 13.0. The van der Waals surface area contributed by atoms with Crippen LogP contribution in [0.1, 0.15) is 70.6 Å². The fraction of sp³-hybridized carbons (Fsp3) is 0.486. The van der Waals surface area contributed by atoms with Gasteiger partial charge in [-0.2, -0.15) is 0 Å². The summed E-state index contributed by atoms with van der Waals surface area (Å²) in [6.07, 6.45) is 18.9. The smallest absolute Gasteiger partial charge is 0.251 e. The summed E-state index contributed by atoms with van der Waals surface area (Å²) in [5.41, 5.74) is 10.9. The average Bonchev–Trinajstić information content (AvgIpc) is 3.70. The molecule has 1 saturated heterocycles. The van der Waals surface area contributed by atoms with Crippen molar-refractivity contribution < 1.29 is 14.1 Å². The number of nitrogens with two attached hydrogens (primary N) is 1. The molecule has 0 aromatic carbocycles. The van der Waals surface area contributed by atoms with Gasteiger partial charge in [0.2, 0.25) is 5.91 Å². The summed E-state index contributed by atoms with van der Waals surface area (Å²) in [4.78, 5) is 37.0. The minimum atomic E-state index is -0.164. The number of carbonyl (C=O) groups excluding carboxylic acids is 2. The van der Waals surface area contributed by atoms with E-state index in [0.717, 1.165) is 48.0 Å². The molecule has 2 aromatic heterocycles. The molecule has 1 aliphatic carbocycles. The third-order valence-corrected chi connectivity index (χ3v) is 10.1. The van der Waals surface area contributed by atoms with E-state index < -0.39 is 0 Å². The quantitative estimate of drug-likeness (QED) is 0.247. The van der Waals surface area contributed by atoms with Crippen molar-refractivity contribution in [1.82, 2.24) is 14.9 Å². The van der Waals surface area contributed by atoms with Crippen molar-refractivity contribution in [3.05, 3.63) is 71.7 Å². The fourth-order valence-corrected chi connectivity index (χ4v) is 6.82. The van der Waals surface area contributed by atoms with E-state index >= 15 is 0 Å². The summed E-state index contributed by atoms with van der Waals surface area (Å²) >= 11 is 0. The Kier molecular flexibility index (Phi) is 9.37. The van der Waals surface area contributed by atoms with Crippen LogP contribution >= 0.6 is 0 Å². The number of hydrogen-bond acceptors (Lipinski definition) is 6. The molecular weight excluding hydrogens is 550 g/mol. The Morgan fingerprint density at radius 1 is 1.18 bits per heavy atom. The van der Waals surface area contributed by atoms with Crippen LogP contribution in [0.5, 0.6) is 0 Å². The number of likely N-dealkylation sites (tertiary alicyclic amines) is 1. The van der Waals surface area contributed by atoms with E-state index in [0.29, 0.717) is 41.0 Å². The summed E-state index contributed by atoms with van der Waals surface area (Å²) in [5, 5.41) is 6.00. The molecule has 0 bridgehead atoms. The molecule has 3 atom stereocenters. The maximum atomic E-state index is 13.2. The zero-order valence-electron chi connectivity index (χ0n) is 26.9. The Bertz CT molecular complexity index is 1470. The second-order valence-electron chi connectivity index (χ2n) is 13.0. The molecule has 44 heavy (non-hydrogen) atoms. The van der Waals surface area contributed by atoms with E-state index in [2.05, 4.69) is 64.6 Å². The van der Waals surface area contributed by atoms with Gasteiger partial charge >= 0.3 is 0 Å². The third-order valence-electron chi connectivity index (χ3n) is 10.1. The zero-order valence-corrected chi connectivity index (χ0v) is 26.9. The number of aromatic nitrogens is 2. The van der Waals surface area contributed by atoms with E-state index in [1.165, 1.54) is 19.3 Å². The number of pyridine rings is 2. The molecule has 3 aliphatic rings. The lowest BCUT2D eigenvalue weighted by Gasteiger charge is -2.43. The molecule has 4 N–H and O–H groups in total. The van der Waals surface area contributed by atoms with Gasteiger partial charge in [-0.15, -0.1) is 0 Å². The number of quaternary nitrogens is 1. The maximum Gasteiger partial charge on any atom is 0.251 e. The molecule has 0 radical (unpaired) electrons. The van der Waals surface area contributed by atoms with Gasteiger partial charge in [0.25, 0.3) is 5.91 Å². The van der Waals surface area contributed by atoms with E-state index in [1.54, 1.807) is 12.3 Å². The van der Waals surface area contributed by atoms with Crippen LogP contribution in [0.15, 0.2) is 60.5 Å². The Balaban J connectivity index is 1.19. The Morgan fingerprint density at radius 3 is 2.68 bits per heavy atom. The van der Waals surface area contributed by atoms with Crippen LogP contribution in [0.2, 0.25) is 0 Å². The fourth-order valence-electron chi connectivity index (χ4n) is 6.82. The number of nitrogens with zero attached hydrogens (tertiary/aromatic N) is 4. The summed E-state index contributed by atoms with van der Waals surface area (Å²) in [6, 6.07) is 6.26. The standard InChI is InChI=1S/C35H47N7O2/c1-6-30-12-10-27(28-11-13-32(36)38-21-28)19-25(3)42(30,5)18-7-9-24(2)34(44)40-31-20-29(22-37-26(31)4)39-33(43)23-41-17-8-14-35(41)15-16-35/h9-13,19-22,25,30H,6-8,14-18,23H2,1-5H3,(H3-,36,38,39,40,43,44)/p+1. The number of allylic oxidation sites excluding steroid dienone is 2. The number of rotatable bonds is 10. The summed E-state index contributed by atoms with van der Waals surface area (Å²) in [5.74, 6) is 0.315. The molecule has 1 saturated carbocycles. The number of nitrogens with one attached hydrogen (secondary N) is 2. The molecule has 9 heteroatoms. The van der Waals surface area contributed by atoms with Crippen LogP contribution in [0.4, 0.5) is 17.2 Å². The van der Waals surface area contributed by atoms with E-state index in [-0.39, 0.29) is 23.4 Å². The minimum Gasteiger partial charge on any atom is -0.384 e. The summed E-state index contributed by atoms with van der Waals surface area (Å²) in [6.45, 7) is 10.5. The minimum absolute atomic E-state index is 0.0381. The first-order valence-electron chi connectivity index (χ1n) is 16.0. The molecule has 2 aromatic rings. The number of anilines is 3. The van der Waals surface area contributed by atoms with Crippen molar-refractivity contribution in [1.29, 1.82) is 0 Å². The van der Waals surface area contributed by atoms with Gasteiger partial charge in [0.1, 0.15) is 17.9 Å². The molecule has 4 heterocycles. The normalized spacial score (nSPS) is 24.6. The number of carbonyl (C=O) groups is 2. The largest absolute Gasteiger partial charge is 0.384 e. The van der Waals surface area contributed by atoms with Crippen LogP contribution in [-0.2, 0) is 9.59 Å². The highest BCUT2D eigenvalue weighted by Gasteiger charge is 2.50. The lowest BCUT2D eigenvalue weighted by atomic mass is 10.0. The first-order valence-corrected chi connectivity index (χ1v) is 16.0. The predicted octanol–water partition coefficient (Wildman–Crippen LogP) is 5.48. The van der Waals surface area contributed by atoms with Gasteiger partial charge < -0.3 is 20.9 Å². The first-order chi connectivity index (χ1) is 21.0. The second kappa shape index (κ2) is 13.0. The molecule has 2 aliphatic heterocycles. The maximum absolute atomic E-state index is 13.2. The van der Waals surface area contributed by atoms with Gasteiger partial charge in [0, 0.05) is 35.7 Å². The topological polar surface area (TPSA) is 113 Å². The SMILES string of the molecule is CCC1C=CC(c2ccc(N)nc2)=CC(C)[N+]1(C)CCC=C(C)C(=O)Nc1cc(NC(=O)CN2CCCC23CC3)cnc1C. The molecule has 9 nitrogen and oxygen atoms in total. The molecule has 2 fully saturated rings.